The number of nitrogens with zero attached hydrogens (tertiary/aromatic N) is 1. The van der Waals surface area contributed by atoms with Crippen LogP contribution >= 0.6 is 23.2 Å². The lowest BCUT2D eigenvalue weighted by molar-refractivity contribution is 0.104. The molecule has 0 amide bonds. The fourth-order valence-electron chi connectivity index (χ4n) is 1.56. The molecule has 20 heavy (non-hydrogen) atoms. The Morgan fingerprint density at radius 2 is 2.00 bits per heavy atom. The third-order valence-electron chi connectivity index (χ3n) is 2.59. The number of ketones is 1. The standard InChI is InChI=1S/C15H12Cl2N2O/c1-10-4-6-18-15(8-10)19-7-5-14(20)11-2-3-12(16)13(17)9-11/h2-9H,1H3,(H,18,19)/b7-5-. The Labute approximate surface area is 127 Å². The third-order valence-corrected chi connectivity index (χ3v) is 3.32. The minimum Gasteiger partial charge on any atom is -0.347 e. The van der Waals surface area contributed by atoms with E-state index in [0.29, 0.717) is 21.4 Å². The minimum absolute atomic E-state index is 0.163. The SMILES string of the molecule is Cc1ccnc(N/C=C\C(=O)c2ccc(Cl)c(Cl)c2)c1. The van der Waals surface area contributed by atoms with Crippen LogP contribution in [0.1, 0.15) is 15.9 Å². The molecule has 5 heteroatoms. The molecule has 0 aliphatic rings. The van der Waals surface area contributed by atoms with Crippen molar-refractivity contribution in [3.63, 3.8) is 0 Å². The summed E-state index contributed by atoms with van der Waals surface area (Å²) >= 11 is 11.7. The molecule has 0 spiro atoms. The predicted molar refractivity (Wildman–Crippen MR) is 82.5 cm³/mol. The van der Waals surface area contributed by atoms with Crippen LogP contribution in [0.4, 0.5) is 5.82 Å². The third kappa shape index (κ3) is 3.83. The Hall–Kier alpha value is -1.84. The van der Waals surface area contributed by atoms with Crippen molar-refractivity contribution in [1.82, 2.24) is 4.98 Å². The van der Waals surface area contributed by atoms with Crippen LogP contribution in [0.3, 0.4) is 0 Å². The van der Waals surface area contributed by atoms with E-state index in [1.165, 1.54) is 6.08 Å². The lowest BCUT2D eigenvalue weighted by Crippen LogP contribution is -1.97. The molecule has 2 aromatic rings. The first-order chi connectivity index (χ1) is 9.56. The van der Waals surface area contributed by atoms with Crippen molar-refractivity contribution in [2.24, 2.45) is 0 Å². The summed E-state index contributed by atoms with van der Waals surface area (Å²) in [5.74, 6) is 0.520. The molecule has 0 bridgehead atoms. The van der Waals surface area contributed by atoms with Gasteiger partial charge in [-0.3, -0.25) is 4.79 Å². The van der Waals surface area contributed by atoms with Gasteiger partial charge in [0.25, 0.3) is 0 Å². The highest BCUT2D eigenvalue weighted by molar-refractivity contribution is 6.42. The van der Waals surface area contributed by atoms with Gasteiger partial charge in [0.1, 0.15) is 5.82 Å². The van der Waals surface area contributed by atoms with E-state index in [2.05, 4.69) is 10.3 Å². The summed E-state index contributed by atoms with van der Waals surface area (Å²) in [4.78, 5) is 16.0. The van der Waals surface area contributed by atoms with Gasteiger partial charge in [0.15, 0.2) is 5.78 Å². The van der Waals surface area contributed by atoms with Crippen molar-refractivity contribution in [3.05, 3.63) is 70.0 Å². The Kier molecular flexibility index (Phi) is 4.77. The average molecular weight is 307 g/mol. The number of allylic oxidation sites excluding steroid dienone is 1. The van der Waals surface area contributed by atoms with Crippen LogP contribution in [0.5, 0.6) is 0 Å². The maximum absolute atomic E-state index is 11.9. The fraction of sp³-hybridized carbons (Fsp3) is 0.0667. The van der Waals surface area contributed by atoms with Crippen molar-refractivity contribution in [2.45, 2.75) is 6.92 Å². The highest BCUT2D eigenvalue weighted by atomic mass is 35.5. The molecule has 0 saturated heterocycles. The Balaban J connectivity index is 2.04. The molecule has 0 saturated carbocycles. The van der Waals surface area contributed by atoms with Crippen LogP contribution in [-0.2, 0) is 0 Å². The maximum atomic E-state index is 11.9. The van der Waals surface area contributed by atoms with E-state index in [4.69, 9.17) is 23.2 Å². The van der Waals surface area contributed by atoms with Gasteiger partial charge in [-0.1, -0.05) is 23.2 Å². The lowest BCUT2D eigenvalue weighted by atomic mass is 10.1. The van der Waals surface area contributed by atoms with E-state index in [-0.39, 0.29) is 5.78 Å². The molecule has 1 aromatic heterocycles. The van der Waals surface area contributed by atoms with Gasteiger partial charge in [-0.2, -0.15) is 0 Å². The molecule has 1 heterocycles. The van der Waals surface area contributed by atoms with Gasteiger partial charge in [0.05, 0.1) is 10.0 Å². The van der Waals surface area contributed by atoms with E-state index in [0.717, 1.165) is 5.56 Å². The van der Waals surface area contributed by atoms with Gasteiger partial charge in [0, 0.05) is 24.0 Å². The highest BCUT2D eigenvalue weighted by Gasteiger charge is 2.04. The number of aryl methyl sites for hydroxylation is 1. The summed E-state index contributed by atoms with van der Waals surface area (Å²) < 4.78 is 0. The van der Waals surface area contributed by atoms with Crippen molar-refractivity contribution in [1.29, 1.82) is 0 Å². The molecule has 2 rings (SSSR count). The first kappa shape index (κ1) is 14.6. The smallest absolute Gasteiger partial charge is 0.187 e. The van der Waals surface area contributed by atoms with E-state index in [9.17, 15) is 4.79 Å². The molecular formula is C15H12Cl2N2O. The Morgan fingerprint density at radius 1 is 1.20 bits per heavy atom. The van der Waals surface area contributed by atoms with Crippen LogP contribution < -0.4 is 5.32 Å². The number of pyridine rings is 1. The number of nitrogens with one attached hydrogen (secondary N) is 1. The van der Waals surface area contributed by atoms with Gasteiger partial charge < -0.3 is 5.32 Å². The second kappa shape index (κ2) is 6.55. The molecule has 0 fully saturated rings. The number of hydrogen-bond donors (Lipinski definition) is 1. The van der Waals surface area contributed by atoms with E-state index < -0.39 is 0 Å². The Bertz CT molecular complexity index is 669. The van der Waals surface area contributed by atoms with E-state index in [1.54, 1.807) is 30.6 Å². The summed E-state index contributed by atoms with van der Waals surface area (Å²) in [5, 5.41) is 3.73. The van der Waals surface area contributed by atoms with Crippen molar-refractivity contribution in [2.75, 3.05) is 5.32 Å². The van der Waals surface area contributed by atoms with E-state index >= 15 is 0 Å². The summed E-state index contributed by atoms with van der Waals surface area (Å²) in [6, 6.07) is 8.55. The van der Waals surface area contributed by atoms with Crippen LogP contribution in [-0.4, -0.2) is 10.8 Å². The molecule has 0 aliphatic heterocycles. The Morgan fingerprint density at radius 3 is 2.70 bits per heavy atom. The monoisotopic (exact) mass is 306 g/mol. The van der Waals surface area contributed by atoms with Crippen LogP contribution in [0.25, 0.3) is 0 Å². The molecular weight excluding hydrogens is 295 g/mol. The minimum atomic E-state index is -0.163. The van der Waals surface area contributed by atoms with Gasteiger partial charge in [0.2, 0.25) is 0 Å². The molecule has 3 nitrogen and oxygen atoms in total. The molecule has 102 valence electrons. The summed E-state index contributed by atoms with van der Waals surface area (Å²) in [7, 11) is 0. The van der Waals surface area contributed by atoms with Crippen molar-refractivity contribution < 1.29 is 4.79 Å². The van der Waals surface area contributed by atoms with Gasteiger partial charge in [-0.25, -0.2) is 4.98 Å². The molecule has 0 aliphatic carbocycles. The zero-order chi connectivity index (χ0) is 14.5. The van der Waals surface area contributed by atoms with Crippen LogP contribution in [0.15, 0.2) is 48.8 Å². The van der Waals surface area contributed by atoms with Crippen molar-refractivity contribution in [3.8, 4) is 0 Å². The highest BCUT2D eigenvalue weighted by Crippen LogP contribution is 2.22. The maximum Gasteiger partial charge on any atom is 0.187 e. The zero-order valence-corrected chi connectivity index (χ0v) is 12.2. The molecule has 0 radical (unpaired) electrons. The van der Waals surface area contributed by atoms with Gasteiger partial charge in [-0.15, -0.1) is 0 Å². The average Bonchev–Trinajstić information content (AvgIpc) is 2.42. The van der Waals surface area contributed by atoms with Crippen LogP contribution in [0, 0.1) is 6.92 Å². The number of carbonyl (C=O) groups is 1. The number of rotatable bonds is 4. The number of aromatic nitrogens is 1. The second-order valence-electron chi connectivity index (χ2n) is 4.19. The molecule has 1 aromatic carbocycles. The molecule has 1 N–H and O–H groups in total. The number of anilines is 1. The summed E-state index contributed by atoms with van der Waals surface area (Å²) in [6.45, 7) is 1.97. The largest absolute Gasteiger partial charge is 0.347 e. The van der Waals surface area contributed by atoms with Crippen molar-refractivity contribution >= 4 is 34.8 Å². The number of hydrogen-bond acceptors (Lipinski definition) is 3. The quantitative estimate of drug-likeness (QED) is 0.667. The predicted octanol–water partition coefficient (Wildman–Crippen LogP) is 4.51. The first-order valence-corrected chi connectivity index (χ1v) is 6.67. The first-order valence-electron chi connectivity index (χ1n) is 5.91. The number of halogens is 2. The molecule has 0 unspecified atom stereocenters. The topological polar surface area (TPSA) is 42.0 Å². The lowest BCUT2D eigenvalue weighted by Gasteiger charge is -2.01. The number of benzene rings is 1. The molecule has 0 atom stereocenters. The second-order valence-corrected chi connectivity index (χ2v) is 5.00. The number of carbonyl (C=O) groups excluding carboxylic acids is 1. The van der Waals surface area contributed by atoms with E-state index in [1.807, 2.05) is 19.1 Å². The zero-order valence-electron chi connectivity index (χ0n) is 10.7. The normalized spacial score (nSPS) is 10.8. The van der Waals surface area contributed by atoms with Gasteiger partial charge in [-0.05, 0) is 42.8 Å². The van der Waals surface area contributed by atoms with Gasteiger partial charge >= 0.3 is 0 Å². The summed E-state index contributed by atoms with van der Waals surface area (Å²) in [6.07, 6.45) is 4.67. The van der Waals surface area contributed by atoms with Crippen LogP contribution in [0.2, 0.25) is 10.0 Å². The fourth-order valence-corrected chi connectivity index (χ4v) is 1.86. The summed E-state index contributed by atoms with van der Waals surface area (Å²) in [5.41, 5.74) is 1.57.